The van der Waals surface area contributed by atoms with E-state index in [0.717, 1.165) is 9.37 Å². The number of amides is 5. The molecule has 5 amide bonds. The predicted molar refractivity (Wildman–Crippen MR) is 96.2 cm³/mol. The highest BCUT2D eigenvalue weighted by atomic mass is 79.9. The highest BCUT2D eigenvalue weighted by Crippen LogP contribution is 2.36. The standard InChI is InChI=1S/C14H10BrN3O5S2/c15-6-1-3-7(4-2-6)16-8(19)5-18-12(21)10(25-14(18)23)9-11(20)17-13(22)24-9/h1-4,9-10H,5H2,(H,16,19)(H,17,20,22)/t9-,10+/m0/s1. The SMILES string of the molecule is O=C(CN1C(=O)S[C@H]([C@@H]2SC(=O)NC2=O)C1=O)Nc1ccc(Br)cc1. The van der Waals surface area contributed by atoms with Gasteiger partial charge in [-0.05, 0) is 47.8 Å². The van der Waals surface area contributed by atoms with E-state index in [9.17, 15) is 24.0 Å². The van der Waals surface area contributed by atoms with Gasteiger partial charge < -0.3 is 5.32 Å². The maximum absolute atomic E-state index is 12.4. The number of halogens is 1. The average Bonchev–Trinajstić information content (AvgIpc) is 3.02. The first-order chi connectivity index (χ1) is 11.8. The van der Waals surface area contributed by atoms with Crippen LogP contribution in [0.3, 0.4) is 0 Å². The van der Waals surface area contributed by atoms with Crippen molar-refractivity contribution in [1.29, 1.82) is 0 Å². The summed E-state index contributed by atoms with van der Waals surface area (Å²) in [6.45, 7) is -0.454. The minimum atomic E-state index is -1.01. The Morgan fingerprint density at radius 2 is 1.80 bits per heavy atom. The minimum Gasteiger partial charge on any atom is -0.325 e. The monoisotopic (exact) mass is 443 g/mol. The lowest BCUT2D eigenvalue weighted by Crippen LogP contribution is -2.42. The molecule has 11 heteroatoms. The van der Waals surface area contributed by atoms with Gasteiger partial charge in [-0.25, -0.2) is 0 Å². The molecular weight excluding hydrogens is 434 g/mol. The van der Waals surface area contributed by atoms with Gasteiger partial charge in [0.15, 0.2) is 0 Å². The fraction of sp³-hybridized carbons (Fsp3) is 0.214. The molecule has 0 bridgehead atoms. The zero-order chi connectivity index (χ0) is 18.1. The molecule has 8 nitrogen and oxygen atoms in total. The van der Waals surface area contributed by atoms with E-state index < -0.39 is 45.2 Å². The van der Waals surface area contributed by atoms with Gasteiger partial charge in [0.1, 0.15) is 17.0 Å². The maximum atomic E-state index is 12.4. The smallest absolute Gasteiger partial charge is 0.289 e. The van der Waals surface area contributed by atoms with Crippen LogP contribution in [0.25, 0.3) is 0 Å². The van der Waals surface area contributed by atoms with Crippen LogP contribution < -0.4 is 10.6 Å². The van der Waals surface area contributed by atoms with Crippen LogP contribution in [0.5, 0.6) is 0 Å². The molecule has 2 aliphatic rings. The minimum absolute atomic E-state index is 0.454. The number of benzene rings is 1. The van der Waals surface area contributed by atoms with Gasteiger partial charge in [-0.2, -0.15) is 0 Å². The van der Waals surface area contributed by atoms with Crippen molar-refractivity contribution in [2.45, 2.75) is 10.5 Å². The largest absolute Gasteiger partial charge is 0.325 e. The van der Waals surface area contributed by atoms with Crippen molar-refractivity contribution in [3.63, 3.8) is 0 Å². The lowest BCUT2D eigenvalue weighted by atomic mass is 10.2. The number of rotatable bonds is 4. The second-order valence-corrected chi connectivity index (χ2v) is 8.22. The van der Waals surface area contributed by atoms with Gasteiger partial charge in [0.2, 0.25) is 17.7 Å². The fourth-order valence-electron chi connectivity index (χ4n) is 2.25. The molecule has 2 fully saturated rings. The summed E-state index contributed by atoms with van der Waals surface area (Å²) in [4.78, 5) is 60.2. The quantitative estimate of drug-likeness (QED) is 0.728. The average molecular weight is 444 g/mol. The molecule has 2 atom stereocenters. The molecule has 2 aliphatic heterocycles. The van der Waals surface area contributed by atoms with E-state index in [1.165, 1.54) is 0 Å². The summed E-state index contributed by atoms with van der Waals surface area (Å²) in [6.07, 6.45) is 0. The second kappa shape index (κ2) is 7.18. The van der Waals surface area contributed by atoms with E-state index in [-0.39, 0.29) is 0 Å². The fourth-order valence-corrected chi connectivity index (χ4v) is 4.61. The van der Waals surface area contributed by atoms with Crippen molar-refractivity contribution in [3.8, 4) is 0 Å². The van der Waals surface area contributed by atoms with Crippen LogP contribution in [0.2, 0.25) is 0 Å². The van der Waals surface area contributed by atoms with Crippen LogP contribution in [0.15, 0.2) is 28.7 Å². The number of carbonyl (C=O) groups excluding carboxylic acids is 5. The summed E-state index contributed by atoms with van der Waals surface area (Å²) in [7, 11) is 0. The van der Waals surface area contributed by atoms with E-state index in [2.05, 4.69) is 26.6 Å². The third kappa shape index (κ3) is 3.88. The summed E-state index contributed by atoms with van der Waals surface area (Å²) >= 11 is 4.60. The van der Waals surface area contributed by atoms with Crippen LogP contribution in [0.1, 0.15) is 0 Å². The molecule has 0 unspecified atom stereocenters. The summed E-state index contributed by atoms with van der Waals surface area (Å²) in [5, 5.41) is 1.52. The lowest BCUT2D eigenvalue weighted by Gasteiger charge is -2.15. The first kappa shape index (κ1) is 18.0. The number of hydrogen-bond donors (Lipinski definition) is 2. The Morgan fingerprint density at radius 3 is 2.40 bits per heavy atom. The summed E-state index contributed by atoms with van der Waals surface area (Å²) in [6, 6.07) is 6.80. The molecule has 0 saturated carbocycles. The molecule has 1 aromatic rings. The van der Waals surface area contributed by atoms with Crippen LogP contribution >= 0.6 is 39.5 Å². The first-order valence-corrected chi connectivity index (χ1v) is 9.49. The van der Waals surface area contributed by atoms with Gasteiger partial charge in [-0.3, -0.25) is 34.2 Å². The van der Waals surface area contributed by atoms with Gasteiger partial charge in [-0.15, -0.1) is 0 Å². The van der Waals surface area contributed by atoms with Crippen molar-refractivity contribution in [1.82, 2.24) is 10.2 Å². The molecule has 3 rings (SSSR count). The van der Waals surface area contributed by atoms with Gasteiger partial charge >= 0.3 is 0 Å². The van der Waals surface area contributed by atoms with Gasteiger partial charge in [-0.1, -0.05) is 15.9 Å². The number of thioether (sulfide) groups is 2. The third-order valence-electron chi connectivity index (χ3n) is 3.38. The summed E-state index contributed by atoms with van der Waals surface area (Å²) < 4.78 is 0.844. The maximum Gasteiger partial charge on any atom is 0.289 e. The molecular formula is C14H10BrN3O5S2. The Balaban J connectivity index is 1.64. The molecule has 1 aromatic carbocycles. The predicted octanol–water partition coefficient (Wildman–Crippen LogP) is 1.80. The molecule has 2 N–H and O–H groups in total. The normalized spacial score (nSPS) is 23.2. The van der Waals surface area contributed by atoms with Crippen LogP contribution in [0.4, 0.5) is 15.3 Å². The Labute approximate surface area is 158 Å². The Hall–Kier alpha value is -1.85. The number of hydrogen-bond acceptors (Lipinski definition) is 7. The van der Waals surface area contributed by atoms with Crippen molar-refractivity contribution in [3.05, 3.63) is 28.7 Å². The molecule has 0 radical (unpaired) electrons. The molecule has 0 aliphatic carbocycles. The molecule has 0 spiro atoms. The number of imide groups is 2. The van der Waals surface area contributed by atoms with Gasteiger partial charge in [0.05, 0.1) is 0 Å². The number of nitrogens with zero attached hydrogens (tertiary/aromatic N) is 1. The summed E-state index contributed by atoms with van der Waals surface area (Å²) in [5.41, 5.74) is 0.521. The highest BCUT2D eigenvalue weighted by molar-refractivity contribution is 9.10. The Kier molecular flexibility index (Phi) is 5.16. The zero-order valence-corrected chi connectivity index (χ0v) is 15.6. The molecule has 2 heterocycles. The third-order valence-corrected chi connectivity index (χ3v) is 6.29. The molecule has 2 saturated heterocycles. The van der Waals surface area contributed by atoms with E-state index in [1.807, 2.05) is 0 Å². The Bertz CT molecular complexity index is 785. The van der Waals surface area contributed by atoms with E-state index in [0.29, 0.717) is 29.2 Å². The van der Waals surface area contributed by atoms with Crippen molar-refractivity contribution in [2.24, 2.45) is 0 Å². The van der Waals surface area contributed by atoms with E-state index in [1.54, 1.807) is 24.3 Å². The van der Waals surface area contributed by atoms with Crippen LogP contribution in [0, 0.1) is 0 Å². The van der Waals surface area contributed by atoms with Gasteiger partial charge in [0, 0.05) is 10.2 Å². The first-order valence-electron chi connectivity index (χ1n) is 6.94. The number of carbonyl (C=O) groups is 5. The number of anilines is 1. The van der Waals surface area contributed by atoms with E-state index >= 15 is 0 Å². The van der Waals surface area contributed by atoms with Gasteiger partial charge in [0.25, 0.3) is 10.5 Å². The highest BCUT2D eigenvalue weighted by Gasteiger charge is 2.50. The van der Waals surface area contributed by atoms with Crippen molar-refractivity contribution < 1.29 is 24.0 Å². The molecule has 25 heavy (non-hydrogen) atoms. The Morgan fingerprint density at radius 1 is 1.12 bits per heavy atom. The van der Waals surface area contributed by atoms with Crippen molar-refractivity contribution >= 4 is 73.3 Å². The van der Waals surface area contributed by atoms with E-state index in [4.69, 9.17) is 0 Å². The topological polar surface area (TPSA) is 113 Å². The lowest BCUT2D eigenvalue weighted by molar-refractivity contribution is -0.131. The van der Waals surface area contributed by atoms with Crippen LogP contribution in [-0.4, -0.2) is 50.1 Å². The number of nitrogens with one attached hydrogen (secondary N) is 2. The van der Waals surface area contributed by atoms with Crippen LogP contribution in [-0.2, 0) is 14.4 Å². The molecule has 0 aromatic heterocycles. The zero-order valence-electron chi connectivity index (χ0n) is 12.4. The van der Waals surface area contributed by atoms with Crippen molar-refractivity contribution in [2.75, 3.05) is 11.9 Å². The second-order valence-electron chi connectivity index (χ2n) is 5.10. The summed E-state index contributed by atoms with van der Waals surface area (Å²) in [5.74, 6) is -1.79. The molecule has 130 valence electrons.